The fourth-order valence-electron chi connectivity index (χ4n) is 2.87. The standard InChI is InChI=1S/C17H17N3O4/c21-16-8-4-3-7-15(16)18-9-11-19(12-10-18)17(22)13-5-1-2-6-14(13)20(23)24/h1-8,21H,9-12H2. The Morgan fingerprint density at radius 2 is 1.62 bits per heavy atom. The van der Waals surface area contributed by atoms with Crippen LogP contribution < -0.4 is 4.90 Å². The van der Waals surface area contributed by atoms with Crippen molar-refractivity contribution in [1.29, 1.82) is 0 Å². The van der Waals surface area contributed by atoms with Crippen LogP contribution in [-0.2, 0) is 0 Å². The van der Waals surface area contributed by atoms with E-state index in [1.807, 2.05) is 17.0 Å². The lowest BCUT2D eigenvalue weighted by atomic mass is 10.1. The molecule has 0 unspecified atom stereocenters. The molecule has 1 heterocycles. The Morgan fingerprint density at radius 1 is 1.00 bits per heavy atom. The van der Waals surface area contributed by atoms with Crippen LogP contribution in [0.3, 0.4) is 0 Å². The summed E-state index contributed by atoms with van der Waals surface area (Å²) in [4.78, 5) is 26.7. The Bertz CT molecular complexity index is 770. The summed E-state index contributed by atoms with van der Waals surface area (Å²) in [6.45, 7) is 2.01. The van der Waals surface area contributed by atoms with Gasteiger partial charge in [0.05, 0.1) is 10.6 Å². The van der Waals surface area contributed by atoms with Gasteiger partial charge in [-0.1, -0.05) is 24.3 Å². The highest BCUT2D eigenvalue weighted by Crippen LogP contribution is 2.28. The number of benzene rings is 2. The van der Waals surface area contributed by atoms with Gasteiger partial charge in [0.2, 0.25) is 0 Å². The van der Waals surface area contributed by atoms with Gasteiger partial charge in [-0.15, -0.1) is 0 Å². The summed E-state index contributed by atoms with van der Waals surface area (Å²) in [5.74, 6) is -0.129. The van der Waals surface area contributed by atoms with Gasteiger partial charge in [-0.3, -0.25) is 14.9 Å². The van der Waals surface area contributed by atoms with Crippen LogP contribution in [0.5, 0.6) is 5.75 Å². The summed E-state index contributed by atoms with van der Waals surface area (Å²) in [6, 6.07) is 13.0. The minimum Gasteiger partial charge on any atom is -0.506 e. The predicted octanol–water partition coefficient (Wildman–Crippen LogP) is 2.26. The second kappa shape index (κ2) is 6.57. The maximum atomic E-state index is 12.6. The van der Waals surface area contributed by atoms with E-state index in [0.717, 1.165) is 5.69 Å². The highest BCUT2D eigenvalue weighted by atomic mass is 16.6. The summed E-state index contributed by atoms with van der Waals surface area (Å²) in [5, 5.41) is 21.0. The smallest absolute Gasteiger partial charge is 0.282 e. The van der Waals surface area contributed by atoms with Gasteiger partial charge in [0, 0.05) is 32.2 Å². The van der Waals surface area contributed by atoms with Crippen LogP contribution in [0, 0.1) is 10.1 Å². The molecule has 0 atom stereocenters. The van der Waals surface area contributed by atoms with Crippen LogP contribution in [-0.4, -0.2) is 47.0 Å². The molecule has 1 amide bonds. The molecule has 124 valence electrons. The average Bonchev–Trinajstić information content (AvgIpc) is 2.62. The van der Waals surface area contributed by atoms with Gasteiger partial charge in [0.25, 0.3) is 11.6 Å². The number of carbonyl (C=O) groups excluding carboxylic acids is 1. The first-order chi connectivity index (χ1) is 11.6. The fraction of sp³-hybridized carbons (Fsp3) is 0.235. The Morgan fingerprint density at radius 3 is 2.29 bits per heavy atom. The van der Waals surface area contributed by atoms with Gasteiger partial charge >= 0.3 is 0 Å². The molecule has 1 N–H and O–H groups in total. The third kappa shape index (κ3) is 3.01. The lowest BCUT2D eigenvalue weighted by Gasteiger charge is -2.36. The molecular weight excluding hydrogens is 310 g/mol. The first-order valence-corrected chi connectivity index (χ1v) is 7.63. The van der Waals surface area contributed by atoms with Crippen LogP contribution in [0.1, 0.15) is 10.4 Å². The number of piperazine rings is 1. The molecule has 3 rings (SSSR count). The lowest BCUT2D eigenvalue weighted by Crippen LogP contribution is -2.48. The van der Waals surface area contributed by atoms with Crippen molar-refractivity contribution < 1.29 is 14.8 Å². The highest BCUT2D eigenvalue weighted by molar-refractivity contribution is 5.98. The van der Waals surface area contributed by atoms with Gasteiger partial charge in [-0.25, -0.2) is 0 Å². The second-order valence-electron chi connectivity index (χ2n) is 5.54. The highest BCUT2D eigenvalue weighted by Gasteiger charge is 2.27. The molecule has 0 aromatic heterocycles. The van der Waals surface area contributed by atoms with E-state index in [1.54, 1.807) is 29.2 Å². The number of anilines is 1. The molecule has 7 heteroatoms. The third-order valence-corrected chi connectivity index (χ3v) is 4.12. The molecule has 1 aliphatic heterocycles. The van der Waals surface area contributed by atoms with Crippen LogP contribution in [0.15, 0.2) is 48.5 Å². The van der Waals surface area contributed by atoms with Crippen molar-refractivity contribution in [3.63, 3.8) is 0 Å². The topological polar surface area (TPSA) is 86.9 Å². The number of phenols is 1. The molecular formula is C17H17N3O4. The Balaban J connectivity index is 1.72. The van der Waals surface area contributed by atoms with Crippen molar-refractivity contribution >= 4 is 17.3 Å². The molecule has 0 aliphatic carbocycles. The van der Waals surface area contributed by atoms with Crippen molar-refractivity contribution in [2.45, 2.75) is 0 Å². The van der Waals surface area contributed by atoms with Crippen molar-refractivity contribution in [2.75, 3.05) is 31.1 Å². The lowest BCUT2D eigenvalue weighted by molar-refractivity contribution is -0.385. The van der Waals surface area contributed by atoms with Gasteiger partial charge < -0.3 is 14.9 Å². The van der Waals surface area contributed by atoms with E-state index in [2.05, 4.69) is 0 Å². The SMILES string of the molecule is O=C(c1ccccc1[N+](=O)[O-])N1CCN(c2ccccc2O)CC1. The second-order valence-corrected chi connectivity index (χ2v) is 5.54. The van der Waals surface area contributed by atoms with E-state index in [-0.39, 0.29) is 22.9 Å². The molecule has 24 heavy (non-hydrogen) atoms. The van der Waals surface area contributed by atoms with E-state index in [9.17, 15) is 20.0 Å². The van der Waals surface area contributed by atoms with E-state index in [4.69, 9.17) is 0 Å². The van der Waals surface area contributed by atoms with Gasteiger partial charge in [0.1, 0.15) is 11.3 Å². The Labute approximate surface area is 138 Å². The van der Waals surface area contributed by atoms with Crippen LogP contribution in [0.25, 0.3) is 0 Å². The number of carbonyl (C=O) groups is 1. The third-order valence-electron chi connectivity index (χ3n) is 4.12. The zero-order chi connectivity index (χ0) is 17.1. The fourth-order valence-corrected chi connectivity index (χ4v) is 2.87. The molecule has 0 radical (unpaired) electrons. The number of aromatic hydroxyl groups is 1. The zero-order valence-electron chi connectivity index (χ0n) is 13.0. The number of nitrogens with zero attached hydrogens (tertiary/aromatic N) is 3. The molecule has 1 saturated heterocycles. The molecule has 1 fully saturated rings. The molecule has 1 aliphatic rings. The number of hydrogen-bond acceptors (Lipinski definition) is 5. The summed E-state index contributed by atoms with van der Waals surface area (Å²) >= 11 is 0. The number of phenolic OH excluding ortho intramolecular Hbond substituents is 1. The number of nitro groups is 1. The summed E-state index contributed by atoms with van der Waals surface area (Å²) in [6.07, 6.45) is 0. The Kier molecular flexibility index (Phi) is 4.33. The van der Waals surface area contributed by atoms with E-state index in [0.29, 0.717) is 26.2 Å². The quantitative estimate of drug-likeness (QED) is 0.690. The zero-order valence-corrected chi connectivity index (χ0v) is 13.0. The number of rotatable bonds is 3. The normalized spacial score (nSPS) is 14.5. The van der Waals surface area contributed by atoms with Gasteiger partial charge in [-0.05, 0) is 18.2 Å². The first kappa shape index (κ1) is 15.8. The predicted molar refractivity (Wildman–Crippen MR) is 89.3 cm³/mol. The largest absolute Gasteiger partial charge is 0.506 e. The molecule has 0 bridgehead atoms. The number of nitro benzene ring substituents is 1. The van der Waals surface area contributed by atoms with Crippen LogP contribution >= 0.6 is 0 Å². The van der Waals surface area contributed by atoms with E-state index >= 15 is 0 Å². The number of amides is 1. The van der Waals surface area contributed by atoms with Crippen LogP contribution in [0.4, 0.5) is 11.4 Å². The maximum absolute atomic E-state index is 12.6. The van der Waals surface area contributed by atoms with E-state index in [1.165, 1.54) is 12.1 Å². The average molecular weight is 327 g/mol. The molecule has 7 nitrogen and oxygen atoms in total. The summed E-state index contributed by atoms with van der Waals surface area (Å²) < 4.78 is 0. The van der Waals surface area contributed by atoms with Crippen molar-refractivity contribution in [2.24, 2.45) is 0 Å². The van der Waals surface area contributed by atoms with Crippen molar-refractivity contribution in [1.82, 2.24) is 4.90 Å². The first-order valence-electron chi connectivity index (χ1n) is 7.63. The Hall–Kier alpha value is -3.09. The number of hydrogen-bond donors (Lipinski definition) is 1. The van der Waals surface area contributed by atoms with Crippen molar-refractivity contribution in [3.05, 3.63) is 64.2 Å². The maximum Gasteiger partial charge on any atom is 0.282 e. The van der Waals surface area contributed by atoms with Crippen molar-refractivity contribution in [3.8, 4) is 5.75 Å². The molecule has 0 spiro atoms. The minimum atomic E-state index is -0.536. The molecule has 2 aromatic rings. The van der Waals surface area contributed by atoms with E-state index < -0.39 is 4.92 Å². The molecule has 0 saturated carbocycles. The summed E-state index contributed by atoms with van der Waals surface area (Å²) in [7, 11) is 0. The van der Waals surface area contributed by atoms with Gasteiger partial charge in [-0.2, -0.15) is 0 Å². The molecule has 2 aromatic carbocycles. The summed E-state index contributed by atoms with van der Waals surface area (Å²) in [5.41, 5.74) is 0.666. The number of para-hydroxylation sites is 3. The van der Waals surface area contributed by atoms with Crippen LogP contribution in [0.2, 0.25) is 0 Å². The van der Waals surface area contributed by atoms with Gasteiger partial charge in [0.15, 0.2) is 0 Å². The monoisotopic (exact) mass is 327 g/mol. The minimum absolute atomic E-state index is 0.110.